The lowest BCUT2D eigenvalue weighted by Crippen LogP contribution is -2.53. The number of aliphatic hydroxyl groups excluding tert-OH is 1. The molecule has 0 spiro atoms. The number of rotatable bonds is 14. The molecule has 0 aliphatic rings. The Morgan fingerprint density at radius 2 is 1.38 bits per heavy atom. The number of unbranched alkanes of at least 4 members (excludes halogenated alkanes) is 4. The summed E-state index contributed by atoms with van der Waals surface area (Å²) in [7, 11) is -2.17. The van der Waals surface area contributed by atoms with E-state index in [1.807, 2.05) is 0 Å². The molecule has 0 bridgehead atoms. The third-order valence-electron chi connectivity index (χ3n) is 5.54. The summed E-state index contributed by atoms with van der Waals surface area (Å²) in [4.78, 5) is 12.2. The maximum absolute atomic E-state index is 12.2. The Morgan fingerprint density at radius 1 is 0.885 bits per heavy atom. The average molecular weight is 389 g/mol. The summed E-state index contributed by atoms with van der Waals surface area (Å²) in [6.45, 7) is 17.6. The fourth-order valence-corrected chi connectivity index (χ4v) is 9.87. The zero-order valence-electron chi connectivity index (χ0n) is 18.5. The van der Waals surface area contributed by atoms with Crippen LogP contribution in [0.3, 0.4) is 0 Å². The van der Waals surface area contributed by atoms with Gasteiger partial charge in [0.1, 0.15) is 0 Å². The fraction of sp³-hybridized carbons (Fsp3) is 0.952. The summed E-state index contributed by atoms with van der Waals surface area (Å²) < 4.78 is 11.8. The predicted molar refractivity (Wildman–Crippen MR) is 112 cm³/mol. The van der Waals surface area contributed by atoms with E-state index in [4.69, 9.17) is 9.16 Å². The first-order valence-corrected chi connectivity index (χ1v) is 12.8. The third-order valence-corrected chi connectivity index (χ3v) is 11.7. The molecule has 0 aliphatic carbocycles. The Hall–Kier alpha value is -0.393. The smallest absolute Gasteiger partial charge is 0.337 e. The third kappa shape index (κ3) is 7.32. The number of aliphatic hydroxyl groups is 1. The first-order valence-electron chi connectivity index (χ1n) is 10.7. The summed E-state index contributed by atoms with van der Waals surface area (Å²) >= 11 is 0. The minimum absolute atomic E-state index is 0.278. The second kappa shape index (κ2) is 12.9. The lowest BCUT2D eigenvalue weighted by molar-refractivity contribution is -0.158. The molecule has 0 unspecified atom stereocenters. The van der Waals surface area contributed by atoms with Crippen LogP contribution in [0.4, 0.5) is 0 Å². The van der Waals surface area contributed by atoms with Crippen molar-refractivity contribution in [2.24, 2.45) is 0 Å². The van der Waals surface area contributed by atoms with Crippen molar-refractivity contribution in [3.05, 3.63) is 0 Å². The topological polar surface area (TPSA) is 55.8 Å². The Bertz CT molecular complexity index is 360. The van der Waals surface area contributed by atoms with Crippen molar-refractivity contribution in [1.82, 2.24) is 0 Å². The van der Waals surface area contributed by atoms with Crippen LogP contribution in [0.2, 0.25) is 16.6 Å². The molecule has 0 rings (SSSR count). The van der Waals surface area contributed by atoms with Gasteiger partial charge in [-0.3, -0.25) is 0 Å². The van der Waals surface area contributed by atoms with E-state index in [1.165, 1.54) is 19.3 Å². The zero-order chi connectivity index (χ0) is 20.3. The summed E-state index contributed by atoms with van der Waals surface area (Å²) in [6.07, 6.45) is 4.77. The Labute approximate surface area is 163 Å². The van der Waals surface area contributed by atoms with Gasteiger partial charge >= 0.3 is 5.97 Å². The largest absolute Gasteiger partial charge is 0.464 e. The summed E-state index contributed by atoms with van der Waals surface area (Å²) in [6, 6.07) is 0. The maximum atomic E-state index is 12.2. The molecule has 26 heavy (non-hydrogen) atoms. The van der Waals surface area contributed by atoms with E-state index in [0.717, 1.165) is 12.8 Å². The number of hydrogen-bond donors (Lipinski definition) is 1. The molecule has 156 valence electrons. The van der Waals surface area contributed by atoms with Crippen LogP contribution in [0, 0.1) is 0 Å². The number of carbonyl (C=O) groups is 1. The van der Waals surface area contributed by atoms with Gasteiger partial charge in [-0.25, -0.2) is 4.79 Å². The molecule has 0 fully saturated rings. The molecule has 0 aromatic rings. The quantitative estimate of drug-likeness (QED) is 0.231. The van der Waals surface area contributed by atoms with Crippen molar-refractivity contribution < 1.29 is 19.1 Å². The zero-order valence-corrected chi connectivity index (χ0v) is 19.5. The minimum atomic E-state index is -2.17. The Kier molecular flexibility index (Phi) is 12.7. The van der Waals surface area contributed by atoms with Gasteiger partial charge in [0.05, 0.1) is 12.7 Å². The Balaban J connectivity index is 5.36. The van der Waals surface area contributed by atoms with Gasteiger partial charge in [-0.05, 0) is 30.0 Å². The summed E-state index contributed by atoms with van der Waals surface area (Å²) in [5, 5.41) is 10.6. The molecular weight excluding hydrogens is 344 g/mol. The number of hydrogen-bond acceptors (Lipinski definition) is 4. The molecular formula is C21H44O4Si. The second-order valence-corrected chi connectivity index (χ2v) is 13.8. The summed E-state index contributed by atoms with van der Waals surface area (Å²) in [5.74, 6) is -0.551. The fourth-order valence-electron chi connectivity index (χ4n) is 4.28. The van der Waals surface area contributed by atoms with E-state index < -0.39 is 26.5 Å². The van der Waals surface area contributed by atoms with Gasteiger partial charge in [0.2, 0.25) is 8.32 Å². The van der Waals surface area contributed by atoms with Gasteiger partial charge in [-0.15, -0.1) is 0 Å². The van der Waals surface area contributed by atoms with Gasteiger partial charge in [0.25, 0.3) is 0 Å². The Morgan fingerprint density at radius 3 is 1.81 bits per heavy atom. The average Bonchev–Trinajstić information content (AvgIpc) is 2.56. The van der Waals surface area contributed by atoms with Gasteiger partial charge in [-0.2, -0.15) is 0 Å². The predicted octanol–water partition coefficient (Wildman–Crippen LogP) is 5.83. The number of ether oxygens (including phenoxy) is 1. The van der Waals surface area contributed by atoms with Crippen LogP contribution in [0.5, 0.6) is 0 Å². The molecule has 2 atom stereocenters. The summed E-state index contributed by atoms with van der Waals surface area (Å²) in [5.41, 5.74) is 1.25. The molecule has 0 radical (unpaired) electrons. The minimum Gasteiger partial charge on any atom is -0.464 e. The first kappa shape index (κ1) is 25.6. The number of carbonyl (C=O) groups excluding carboxylic acids is 1. The molecule has 0 amide bonds. The van der Waals surface area contributed by atoms with Crippen molar-refractivity contribution in [2.75, 3.05) is 6.61 Å². The van der Waals surface area contributed by atoms with Gasteiger partial charge < -0.3 is 14.3 Å². The van der Waals surface area contributed by atoms with Crippen LogP contribution < -0.4 is 0 Å². The van der Waals surface area contributed by atoms with Crippen molar-refractivity contribution in [1.29, 1.82) is 0 Å². The lowest BCUT2D eigenvalue weighted by Gasteiger charge is -2.45. The van der Waals surface area contributed by atoms with Gasteiger partial charge in [0.15, 0.2) is 6.10 Å². The highest BCUT2D eigenvalue weighted by atomic mass is 28.4. The SMILES string of the molecule is CCCCCCC[C@H](O[Si](C(C)C)(C(C)C)C(C)C)[C@@H](O)C(=O)OCC. The highest BCUT2D eigenvalue weighted by Crippen LogP contribution is 2.43. The van der Waals surface area contributed by atoms with E-state index in [9.17, 15) is 9.90 Å². The first-order chi connectivity index (χ1) is 12.1. The van der Waals surface area contributed by atoms with Crippen LogP contribution in [0.25, 0.3) is 0 Å². The maximum Gasteiger partial charge on any atom is 0.337 e. The number of esters is 1. The standard InChI is InChI=1S/C21H44O4Si/c1-9-11-12-13-14-15-19(20(22)21(23)24-10-2)25-26(16(3)4,17(5)6)18(7)8/h16-20,22H,9-15H2,1-8H3/t19-,20+/m0/s1. The highest BCUT2D eigenvalue weighted by Gasteiger charge is 2.48. The molecule has 5 heteroatoms. The van der Waals surface area contributed by atoms with E-state index >= 15 is 0 Å². The molecule has 0 saturated heterocycles. The normalized spacial score (nSPS) is 14.9. The van der Waals surface area contributed by atoms with E-state index in [0.29, 0.717) is 23.0 Å². The van der Waals surface area contributed by atoms with Crippen LogP contribution >= 0.6 is 0 Å². The molecule has 0 saturated carbocycles. The monoisotopic (exact) mass is 388 g/mol. The van der Waals surface area contributed by atoms with E-state index in [1.54, 1.807) is 6.92 Å². The second-order valence-electron chi connectivity index (χ2n) is 8.37. The van der Waals surface area contributed by atoms with E-state index in [2.05, 4.69) is 48.5 Å². The van der Waals surface area contributed by atoms with Crippen molar-refractivity contribution in [2.45, 2.75) is 123 Å². The van der Waals surface area contributed by atoms with Crippen molar-refractivity contribution >= 4 is 14.3 Å². The van der Waals surface area contributed by atoms with Crippen LogP contribution in [-0.4, -0.2) is 38.2 Å². The van der Waals surface area contributed by atoms with Gasteiger partial charge in [-0.1, -0.05) is 80.6 Å². The molecule has 0 aromatic carbocycles. The molecule has 0 aromatic heterocycles. The van der Waals surface area contributed by atoms with E-state index in [-0.39, 0.29) is 6.61 Å². The molecule has 0 heterocycles. The molecule has 0 aliphatic heterocycles. The van der Waals surface area contributed by atoms with Crippen molar-refractivity contribution in [3.63, 3.8) is 0 Å². The van der Waals surface area contributed by atoms with Crippen LogP contribution in [0.15, 0.2) is 0 Å². The van der Waals surface area contributed by atoms with Crippen LogP contribution in [0.1, 0.15) is 93.9 Å². The van der Waals surface area contributed by atoms with Crippen molar-refractivity contribution in [3.8, 4) is 0 Å². The lowest BCUT2D eigenvalue weighted by atomic mass is 10.0. The molecule has 1 N–H and O–H groups in total. The molecule has 4 nitrogen and oxygen atoms in total. The highest BCUT2D eigenvalue weighted by molar-refractivity contribution is 6.77. The van der Waals surface area contributed by atoms with Crippen LogP contribution in [-0.2, 0) is 14.0 Å². The van der Waals surface area contributed by atoms with Gasteiger partial charge in [0, 0.05) is 0 Å².